The summed E-state index contributed by atoms with van der Waals surface area (Å²) >= 11 is 0. The molecule has 2 rings (SSSR count). The minimum Gasteiger partial charge on any atom is -0.423 e. The van der Waals surface area contributed by atoms with Gasteiger partial charge in [-0.05, 0) is 32.4 Å². The molecule has 140 valence electrons. The molecule has 0 heterocycles. The summed E-state index contributed by atoms with van der Waals surface area (Å²) in [4.78, 5) is 23.8. The van der Waals surface area contributed by atoms with Gasteiger partial charge in [0.1, 0.15) is 11.5 Å². The zero-order chi connectivity index (χ0) is 19.6. The second kappa shape index (κ2) is 10.1. The molecule has 0 aromatic heterocycles. The third-order valence-electron chi connectivity index (χ3n) is 4.02. The average molecular weight is 364 g/mol. The van der Waals surface area contributed by atoms with Crippen molar-refractivity contribution in [1.29, 1.82) is 0 Å². The highest BCUT2D eigenvalue weighted by Crippen LogP contribution is 2.38. The monoisotopic (exact) mass is 364 g/mol. The predicted molar refractivity (Wildman–Crippen MR) is 106 cm³/mol. The molecule has 0 aliphatic carbocycles. The maximum absolute atomic E-state index is 11.9. The van der Waals surface area contributed by atoms with Crippen LogP contribution >= 0.6 is 0 Å². The van der Waals surface area contributed by atoms with Crippen LogP contribution in [0.5, 0.6) is 11.5 Å². The number of para-hydroxylation sites is 2. The lowest BCUT2D eigenvalue weighted by molar-refractivity contribution is -0.129. The normalized spacial score (nSPS) is 12.3. The summed E-state index contributed by atoms with van der Waals surface area (Å²) in [6.45, 7) is 5.56. The molecular weight excluding hydrogens is 340 g/mol. The Morgan fingerprint density at radius 3 is 1.59 bits per heavy atom. The van der Waals surface area contributed by atoms with E-state index in [9.17, 15) is 9.59 Å². The Morgan fingerprint density at radius 1 is 0.815 bits per heavy atom. The largest absolute Gasteiger partial charge is 0.423 e. The molecule has 0 saturated heterocycles. The van der Waals surface area contributed by atoms with Crippen LogP contribution in [0.1, 0.15) is 44.2 Å². The molecule has 0 aliphatic rings. The van der Waals surface area contributed by atoms with Crippen molar-refractivity contribution in [3.63, 3.8) is 0 Å². The summed E-state index contributed by atoms with van der Waals surface area (Å²) in [6.07, 6.45) is 6.78. The van der Waals surface area contributed by atoms with Crippen LogP contribution in [0.3, 0.4) is 0 Å². The van der Waals surface area contributed by atoms with E-state index in [1.54, 1.807) is 38.1 Å². The summed E-state index contributed by atoms with van der Waals surface area (Å²) in [7, 11) is 0. The Kier molecular flexibility index (Phi) is 7.56. The standard InChI is InChI=1S/C23H24O4/c1-4-11-22(24)26-20-15-9-7-13-18(20)17(6-3)19-14-8-10-16-21(19)27-23(25)12-5-2/h4-5,7-17H,6H2,1-3H3. The van der Waals surface area contributed by atoms with Gasteiger partial charge in [-0.25, -0.2) is 9.59 Å². The van der Waals surface area contributed by atoms with Gasteiger partial charge in [0.15, 0.2) is 0 Å². The predicted octanol–water partition coefficient (Wildman–Crippen LogP) is 5.19. The van der Waals surface area contributed by atoms with E-state index in [4.69, 9.17) is 9.47 Å². The van der Waals surface area contributed by atoms with Crippen molar-refractivity contribution in [2.45, 2.75) is 33.1 Å². The SMILES string of the molecule is CC=CC(=O)Oc1ccccc1C(CC)c1ccccc1OC(=O)C=CC. The third kappa shape index (κ3) is 5.42. The first-order chi connectivity index (χ1) is 13.1. The summed E-state index contributed by atoms with van der Waals surface area (Å²) < 4.78 is 11.0. The Bertz CT molecular complexity index is 779. The molecule has 4 nitrogen and oxygen atoms in total. The van der Waals surface area contributed by atoms with E-state index in [1.165, 1.54) is 12.2 Å². The molecule has 0 bridgehead atoms. The molecule has 2 aromatic rings. The van der Waals surface area contributed by atoms with Gasteiger partial charge in [-0.15, -0.1) is 0 Å². The molecule has 0 fully saturated rings. The zero-order valence-corrected chi connectivity index (χ0v) is 15.8. The van der Waals surface area contributed by atoms with Gasteiger partial charge >= 0.3 is 11.9 Å². The molecule has 4 heteroatoms. The van der Waals surface area contributed by atoms with Crippen molar-refractivity contribution in [1.82, 2.24) is 0 Å². The third-order valence-corrected chi connectivity index (χ3v) is 4.02. The maximum Gasteiger partial charge on any atom is 0.335 e. The van der Waals surface area contributed by atoms with Crippen molar-refractivity contribution in [2.75, 3.05) is 0 Å². The van der Waals surface area contributed by atoms with Gasteiger partial charge in [-0.1, -0.05) is 55.5 Å². The number of hydrogen-bond acceptors (Lipinski definition) is 4. The maximum atomic E-state index is 11.9. The van der Waals surface area contributed by atoms with Gasteiger partial charge in [0.05, 0.1) is 0 Å². The molecule has 0 aliphatic heterocycles. The van der Waals surface area contributed by atoms with Crippen LogP contribution in [-0.4, -0.2) is 11.9 Å². The molecule has 2 aromatic carbocycles. The van der Waals surface area contributed by atoms with Crippen LogP contribution in [0, 0.1) is 0 Å². The first-order valence-electron chi connectivity index (χ1n) is 8.97. The minimum atomic E-state index is -0.424. The first kappa shape index (κ1) is 20.2. The summed E-state index contributed by atoms with van der Waals surface area (Å²) in [5.74, 6) is 0.0680. The second-order valence-electron chi connectivity index (χ2n) is 5.88. The molecule has 0 saturated carbocycles. The van der Waals surface area contributed by atoms with Gasteiger partial charge in [0.25, 0.3) is 0 Å². The number of ether oxygens (including phenoxy) is 2. The van der Waals surface area contributed by atoms with Gasteiger partial charge in [0.2, 0.25) is 0 Å². The van der Waals surface area contributed by atoms with Crippen LogP contribution in [0.25, 0.3) is 0 Å². The lowest BCUT2D eigenvalue weighted by Crippen LogP contribution is -2.11. The highest BCUT2D eigenvalue weighted by atomic mass is 16.5. The number of esters is 2. The number of benzene rings is 2. The molecule has 0 amide bonds. The van der Waals surface area contributed by atoms with Crippen molar-refractivity contribution in [3.05, 3.63) is 84.0 Å². The van der Waals surface area contributed by atoms with E-state index in [0.717, 1.165) is 17.5 Å². The van der Waals surface area contributed by atoms with Gasteiger partial charge < -0.3 is 9.47 Å². The molecule has 0 atom stereocenters. The number of allylic oxidation sites excluding steroid dienone is 2. The van der Waals surface area contributed by atoms with Crippen molar-refractivity contribution in [2.24, 2.45) is 0 Å². The van der Waals surface area contributed by atoms with Crippen LogP contribution in [-0.2, 0) is 9.59 Å². The second-order valence-corrected chi connectivity index (χ2v) is 5.88. The zero-order valence-electron chi connectivity index (χ0n) is 15.8. The van der Waals surface area contributed by atoms with E-state index in [0.29, 0.717) is 11.5 Å². The van der Waals surface area contributed by atoms with Crippen LogP contribution in [0.4, 0.5) is 0 Å². The quantitative estimate of drug-likeness (QED) is 0.385. The average Bonchev–Trinajstić information content (AvgIpc) is 2.65. The fourth-order valence-electron chi connectivity index (χ4n) is 2.89. The smallest absolute Gasteiger partial charge is 0.335 e. The Hall–Kier alpha value is -3.14. The summed E-state index contributed by atoms with van der Waals surface area (Å²) in [5, 5.41) is 0. The molecular formula is C23H24O4. The molecule has 0 spiro atoms. The highest BCUT2D eigenvalue weighted by Gasteiger charge is 2.21. The Balaban J connectivity index is 2.44. The Labute approximate surface area is 160 Å². The van der Waals surface area contributed by atoms with Crippen molar-refractivity contribution in [3.8, 4) is 11.5 Å². The first-order valence-corrected chi connectivity index (χ1v) is 8.97. The van der Waals surface area contributed by atoms with Gasteiger partial charge in [-0.3, -0.25) is 0 Å². The molecule has 0 unspecified atom stereocenters. The van der Waals surface area contributed by atoms with Crippen LogP contribution in [0.2, 0.25) is 0 Å². The topological polar surface area (TPSA) is 52.6 Å². The lowest BCUT2D eigenvalue weighted by Gasteiger charge is -2.21. The number of carbonyl (C=O) groups is 2. The van der Waals surface area contributed by atoms with E-state index in [2.05, 4.69) is 0 Å². The van der Waals surface area contributed by atoms with Crippen LogP contribution in [0.15, 0.2) is 72.8 Å². The van der Waals surface area contributed by atoms with Crippen molar-refractivity contribution >= 4 is 11.9 Å². The lowest BCUT2D eigenvalue weighted by atomic mass is 9.88. The van der Waals surface area contributed by atoms with E-state index in [1.807, 2.05) is 43.3 Å². The van der Waals surface area contributed by atoms with Gasteiger partial charge in [0, 0.05) is 29.2 Å². The summed E-state index contributed by atoms with van der Waals surface area (Å²) in [5.41, 5.74) is 1.74. The van der Waals surface area contributed by atoms with Gasteiger partial charge in [-0.2, -0.15) is 0 Å². The minimum absolute atomic E-state index is 0.0887. The van der Waals surface area contributed by atoms with E-state index >= 15 is 0 Å². The molecule has 0 radical (unpaired) electrons. The number of rotatable bonds is 7. The number of carbonyl (C=O) groups excluding carboxylic acids is 2. The highest BCUT2D eigenvalue weighted by molar-refractivity contribution is 5.85. The summed E-state index contributed by atoms with van der Waals surface area (Å²) in [6, 6.07) is 14.9. The number of hydrogen-bond donors (Lipinski definition) is 0. The van der Waals surface area contributed by atoms with Crippen LogP contribution < -0.4 is 9.47 Å². The molecule has 27 heavy (non-hydrogen) atoms. The molecule has 0 N–H and O–H groups in total. The van der Waals surface area contributed by atoms with E-state index < -0.39 is 11.9 Å². The fraction of sp³-hybridized carbons (Fsp3) is 0.217. The van der Waals surface area contributed by atoms with Crippen molar-refractivity contribution < 1.29 is 19.1 Å². The fourth-order valence-corrected chi connectivity index (χ4v) is 2.89. The van der Waals surface area contributed by atoms with E-state index in [-0.39, 0.29) is 5.92 Å². The Morgan fingerprint density at radius 2 is 1.22 bits per heavy atom.